The summed E-state index contributed by atoms with van der Waals surface area (Å²) in [5.41, 5.74) is -4.72. The van der Waals surface area contributed by atoms with E-state index in [0.29, 0.717) is 62.7 Å². The zero-order valence-electron chi connectivity index (χ0n) is 33.3. The average Bonchev–Trinajstić information content (AvgIpc) is 4.07. The van der Waals surface area contributed by atoms with Crippen LogP contribution in [0.1, 0.15) is 86.0 Å². The SMILES string of the molecule is CCOc1ccc2c(O[C@@H]3C[C@H]4C(=O)N[C@]5(C(=O)NS(=O)(=O)C6CC6)C[C@H]5/C=C\CC[C@@H](C)C[C@@H](CC)[C@H](N(C(=O)O)C(C)(C)C(F)(F)F)C(=O)N4C3)nccc2c1. The Morgan fingerprint density at radius 1 is 1.12 bits per heavy atom. The van der Waals surface area contributed by atoms with Crippen LogP contribution in [0.4, 0.5) is 18.0 Å². The number of carbonyl (C=O) groups excluding carboxylic acids is 3. The highest BCUT2D eigenvalue weighted by Gasteiger charge is 2.63. The maximum Gasteiger partial charge on any atom is 0.411 e. The Bertz CT molecular complexity index is 2060. The van der Waals surface area contributed by atoms with Crippen LogP contribution in [0.3, 0.4) is 0 Å². The fourth-order valence-corrected chi connectivity index (χ4v) is 9.67. The van der Waals surface area contributed by atoms with Crippen molar-refractivity contribution in [2.75, 3.05) is 13.2 Å². The number of sulfonamides is 1. The summed E-state index contributed by atoms with van der Waals surface area (Å²) in [6, 6.07) is 3.66. The zero-order chi connectivity index (χ0) is 42.4. The number of pyridine rings is 1. The number of aromatic nitrogens is 1. The summed E-state index contributed by atoms with van der Waals surface area (Å²) in [5.74, 6) is -3.72. The van der Waals surface area contributed by atoms with Gasteiger partial charge in [-0.2, -0.15) is 13.2 Å². The van der Waals surface area contributed by atoms with Gasteiger partial charge in [0.2, 0.25) is 27.7 Å². The number of nitrogens with one attached hydrogen (secondary N) is 2. The van der Waals surface area contributed by atoms with E-state index in [1.54, 1.807) is 37.3 Å². The van der Waals surface area contributed by atoms with Crippen molar-refractivity contribution in [1.82, 2.24) is 24.8 Å². The van der Waals surface area contributed by atoms with Crippen LogP contribution in [0.15, 0.2) is 42.6 Å². The van der Waals surface area contributed by atoms with Gasteiger partial charge in [-0.25, -0.2) is 18.2 Å². The number of alkyl halides is 3. The van der Waals surface area contributed by atoms with Crippen molar-refractivity contribution in [3.8, 4) is 11.6 Å². The van der Waals surface area contributed by atoms with Crippen molar-refractivity contribution in [3.63, 3.8) is 0 Å². The molecule has 2 aliphatic heterocycles. The summed E-state index contributed by atoms with van der Waals surface area (Å²) < 4.78 is 84.2. The third-order valence-corrected chi connectivity index (χ3v) is 13.8. The number of benzene rings is 1. The number of carboxylic acid groups (broad SMARTS) is 1. The predicted molar refractivity (Wildman–Crippen MR) is 206 cm³/mol. The molecule has 1 saturated heterocycles. The smallest absolute Gasteiger partial charge is 0.411 e. The maximum atomic E-state index is 15.1. The van der Waals surface area contributed by atoms with Crippen LogP contribution >= 0.6 is 0 Å². The first-order chi connectivity index (χ1) is 27.2. The molecular weight excluding hydrogens is 784 g/mol. The molecule has 6 rings (SSSR count). The van der Waals surface area contributed by atoms with Gasteiger partial charge in [-0.3, -0.25) is 24.0 Å². The third kappa shape index (κ3) is 8.57. The topological polar surface area (TPSA) is 185 Å². The molecule has 58 heavy (non-hydrogen) atoms. The van der Waals surface area contributed by atoms with E-state index in [1.165, 1.54) is 6.20 Å². The molecule has 0 unspecified atom stereocenters. The number of rotatable bonds is 10. The van der Waals surface area contributed by atoms with Gasteiger partial charge in [-0.05, 0) is 101 Å². The standard InChI is InChI=1S/C40H52F3N5O9S/c1-6-24-18-23(3)10-8-9-11-26-21-39(26,36(51)46-58(54,55)29-13-14-29)45-33(49)31-20-28(57-34-30-15-12-27(56-7-2)19-25(30)16-17-44-34)22-47(31)35(50)32(24)48(37(52)53)38(4,5)40(41,42)43/h9,11-12,15-17,19,23-24,26,28-29,31-32H,6-8,10,13-14,18,20-22H2,1-5H3,(H,45,49)(H,46,51)(H,52,53)/b11-9-/t23-,24-,26-,28-,31+,32+,39-/m1/s1. The molecule has 18 heteroatoms. The molecule has 4 aliphatic rings. The molecule has 3 heterocycles. The van der Waals surface area contributed by atoms with Gasteiger partial charge in [0.25, 0.3) is 5.91 Å². The number of hydrogen-bond donors (Lipinski definition) is 3. The van der Waals surface area contributed by atoms with Gasteiger partial charge in [0.1, 0.15) is 35.0 Å². The first-order valence-corrected chi connectivity index (χ1v) is 21.4. The van der Waals surface area contributed by atoms with E-state index in [2.05, 4.69) is 15.0 Å². The van der Waals surface area contributed by atoms with E-state index in [4.69, 9.17) is 9.47 Å². The highest BCUT2D eigenvalue weighted by molar-refractivity contribution is 7.91. The molecule has 1 aromatic carbocycles. The third-order valence-electron chi connectivity index (χ3n) is 12.0. The average molecular weight is 836 g/mol. The van der Waals surface area contributed by atoms with Gasteiger partial charge >= 0.3 is 12.3 Å². The van der Waals surface area contributed by atoms with Crippen LogP contribution in [0.2, 0.25) is 0 Å². The van der Waals surface area contributed by atoms with E-state index in [1.807, 2.05) is 19.9 Å². The van der Waals surface area contributed by atoms with Crippen LogP contribution < -0.4 is 19.5 Å². The zero-order valence-corrected chi connectivity index (χ0v) is 34.1. The number of amides is 4. The molecular formula is C40H52F3N5O9S. The molecule has 0 spiro atoms. The Morgan fingerprint density at radius 2 is 1.84 bits per heavy atom. The minimum atomic E-state index is -5.09. The van der Waals surface area contributed by atoms with E-state index in [0.717, 1.165) is 4.90 Å². The minimum absolute atomic E-state index is 0.0637. The Balaban J connectivity index is 1.43. The van der Waals surface area contributed by atoms with Crippen molar-refractivity contribution < 1.29 is 55.3 Å². The molecule has 4 amide bonds. The molecule has 3 fully saturated rings. The van der Waals surface area contributed by atoms with E-state index in [-0.39, 0.29) is 48.9 Å². The molecule has 0 bridgehead atoms. The Labute approximate surface area is 335 Å². The number of carbonyl (C=O) groups is 4. The van der Waals surface area contributed by atoms with Gasteiger partial charge in [-0.15, -0.1) is 0 Å². The first kappa shape index (κ1) is 43.0. The second-order valence-electron chi connectivity index (χ2n) is 16.5. The minimum Gasteiger partial charge on any atom is -0.494 e. The van der Waals surface area contributed by atoms with Crippen LogP contribution in [-0.4, -0.2) is 106 Å². The molecule has 3 N–H and O–H groups in total. The Hall–Kier alpha value is -4.61. The second-order valence-corrected chi connectivity index (χ2v) is 18.5. The van der Waals surface area contributed by atoms with Crippen LogP contribution in [0, 0.1) is 17.8 Å². The van der Waals surface area contributed by atoms with Gasteiger partial charge < -0.3 is 24.8 Å². The largest absolute Gasteiger partial charge is 0.494 e. The lowest BCUT2D eigenvalue weighted by Crippen LogP contribution is -2.66. The number of allylic oxidation sites excluding steroid dienone is 1. The normalized spacial score (nSPS) is 28.9. The van der Waals surface area contributed by atoms with Crippen molar-refractivity contribution in [2.45, 2.75) is 127 Å². The van der Waals surface area contributed by atoms with Crippen molar-refractivity contribution >= 4 is 44.6 Å². The van der Waals surface area contributed by atoms with Crippen molar-refractivity contribution in [2.24, 2.45) is 17.8 Å². The highest BCUT2D eigenvalue weighted by atomic mass is 32.2. The van der Waals surface area contributed by atoms with Crippen LogP contribution in [0.5, 0.6) is 11.6 Å². The van der Waals surface area contributed by atoms with Crippen LogP contribution in [-0.2, 0) is 24.4 Å². The summed E-state index contributed by atoms with van der Waals surface area (Å²) in [4.78, 5) is 62.1. The lowest BCUT2D eigenvalue weighted by molar-refractivity contribution is -0.222. The van der Waals surface area contributed by atoms with Gasteiger partial charge in [-0.1, -0.05) is 32.4 Å². The van der Waals surface area contributed by atoms with Gasteiger partial charge in [0.05, 0.1) is 18.4 Å². The second kappa shape index (κ2) is 16.2. The van der Waals surface area contributed by atoms with Gasteiger partial charge in [0.15, 0.2) is 0 Å². The number of halogens is 3. The molecule has 2 saturated carbocycles. The lowest BCUT2D eigenvalue weighted by Gasteiger charge is -2.46. The van der Waals surface area contributed by atoms with E-state index < -0.39 is 86.4 Å². The molecule has 7 atom stereocenters. The van der Waals surface area contributed by atoms with Crippen LogP contribution in [0.25, 0.3) is 10.8 Å². The predicted octanol–water partition coefficient (Wildman–Crippen LogP) is 5.56. The number of ether oxygens (including phenoxy) is 2. The van der Waals surface area contributed by atoms with Gasteiger partial charge in [0, 0.05) is 23.9 Å². The molecule has 1 aromatic heterocycles. The Kier molecular flexibility index (Phi) is 12.0. The monoisotopic (exact) mass is 835 g/mol. The number of fused-ring (bicyclic) bond motifs is 3. The number of nitrogens with zero attached hydrogens (tertiary/aromatic N) is 3. The summed E-state index contributed by atoms with van der Waals surface area (Å²) >= 11 is 0. The first-order valence-electron chi connectivity index (χ1n) is 19.9. The highest BCUT2D eigenvalue weighted by Crippen LogP contribution is 2.47. The maximum absolute atomic E-state index is 15.1. The summed E-state index contributed by atoms with van der Waals surface area (Å²) in [7, 11) is -4.02. The lowest BCUT2D eigenvalue weighted by atomic mass is 9.82. The molecule has 2 aliphatic carbocycles. The molecule has 2 aromatic rings. The quantitative estimate of drug-likeness (QED) is 0.256. The van der Waals surface area contributed by atoms with Crippen molar-refractivity contribution in [3.05, 3.63) is 42.6 Å². The van der Waals surface area contributed by atoms with E-state index in [9.17, 15) is 41.1 Å². The molecule has 0 radical (unpaired) electrons. The molecule has 318 valence electrons. The van der Waals surface area contributed by atoms with E-state index >= 15 is 4.79 Å². The summed E-state index contributed by atoms with van der Waals surface area (Å²) in [6.45, 7) is 6.91. The fraction of sp³-hybridized carbons (Fsp3) is 0.625. The summed E-state index contributed by atoms with van der Waals surface area (Å²) in [6.07, 6.45) is -0.976. The van der Waals surface area contributed by atoms with Crippen molar-refractivity contribution in [1.29, 1.82) is 0 Å². The fourth-order valence-electron chi connectivity index (χ4n) is 8.31. The number of hydrogen-bond acceptors (Lipinski definition) is 9. The summed E-state index contributed by atoms with van der Waals surface area (Å²) in [5, 5.41) is 13.8. The Morgan fingerprint density at radius 3 is 2.48 bits per heavy atom. The molecule has 14 nitrogen and oxygen atoms in total.